The maximum absolute atomic E-state index is 11.4. The van der Waals surface area contributed by atoms with Crippen LogP contribution in [0.2, 0.25) is 0 Å². The van der Waals surface area contributed by atoms with Crippen LogP contribution in [0.1, 0.15) is 35.9 Å². The van der Waals surface area contributed by atoms with Gasteiger partial charge < -0.3 is 15.5 Å². The van der Waals surface area contributed by atoms with Crippen LogP contribution in [0.15, 0.2) is 0 Å². The molecule has 1 atom stereocenters. The first kappa shape index (κ1) is 12.9. The fraction of sp³-hybridized carbons (Fsp3) is 0.692. The van der Waals surface area contributed by atoms with Crippen molar-refractivity contribution in [3.63, 3.8) is 0 Å². The molecule has 0 aromatic carbocycles. The van der Waals surface area contributed by atoms with Crippen molar-refractivity contribution < 1.29 is 4.79 Å². The number of hydrogen-bond donors (Lipinski definition) is 2. The Hall–Kier alpha value is -1.14. The van der Waals surface area contributed by atoms with Crippen LogP contribution in [0.5, 0.6) is 0 Å². The molecule has 2 N–H and O–H groups in total. The molecular formula is C13H20N4OS. The van der Waals surface area contributed by atoms with Crippen LogP contribution in [-0.2, 0) is 11.2 Å². The van der Waals surface area contributed by atoms with Crippen molar-refractivity contribution in [2.24, 2.45) is 0 Å². The predicted octanol–water partition coefficient (Wildman–Crippen LogP) is 1.07. The van der Waals surface area contributed by atoms with Crippen molar-refractivity contribution in [1.82, 2.24) is 15.6 Å². The molecule has 0 saturated carbocycles. The van der Waals surface area contributed by atoms with Gasteiger partial charge in [0.1, 0.15) is 0 Å². The topological polar surface area (TPSA) is 57.3 Å². The molecule has 5 nitrogen and oxygen atoms in total. The van der Waals surface area contributed by atoms with Gasteiger partial charge in [0.25, 0.3) is 0 Å². The molecule has 2 heterocycles. The highest BCUT2D eigenvalue weighted by Gasteiger charge is 2.25. The van der Waals surface area contributed by atoms with Gasteiger partial charge in [-0.1, -0.05) is 11.3 Å². The van der Waals surface area contributed by atoms with Crippen molar-refractivity contribution in [2.75, 3.05) is 31.6 Å². The zero-order valence-corrected chi connectivity index (χ0v) is 12.1. The van der Waals surface area contributed by atoms with Gasteiger partial charge in [-0.3, -0.25) is 4.79 Å². The third-order valence-electron chi connectivity index (χ3n) is 3.87. The lowest BCUT2D eigenvalue weighted by molar-refractivity contribution is -0.120. The molecule has 1 unspecified atom stereocenters. The summed E-state index contributed by atoms with van der Waals surface area (Å²) in [5.41, 5.74) is 1.26. The van der Waals surface area contributed by atoms with Gasteiger partial charge in [-0.15, -0.1) is 0 Å². The molecule has 1 aromatic heterocycles. The molecule has 2 aliphatic rings. The van der Waals surface area contributed by atoms with Gasteiger partial charge >= 0.3 is 0 Å². The molecule has 104 valence electrons. The summed E-state index contributed by atoms with van der Waals surface area (Å²) >= 11 is 1.80. The molecule has 1 aromatic rings. The summed E-state index contributed by atoms with van der Waals surface area (Å²) in [6.45, 7) is 2.36. The van der Waals surface area contributed by atoms with Crippen molar-refractivity contribution in [3.8, 4) is 0 Å². The number of carbonyl (C=O) groups is 1. The summed E-state index contributed by atoms with van der Waals surface area (Å²) in [5, 5.41) is 7.38. The van der Waals surface area contributed by atoms with Gasteiger partial charge in [0.2, 0.25) is 5.91 Å². The first-order valence-electron chi connectivity index (χ1n) is 6.96. The first-order valence-corrected chi connectivity index (χ1v) is 7.78. The fourth-order valence-corrected chi connectivity index (χ4v) is 4.08. The number of aromatic nitrogens is 1. The quantitative estimate of drug-likeness (QED) is 0.851. The van der Waals surface area contributed by atoms with E-state index in [-0.39, 0.29) is 5.91 Å². The van der Waals surface area contributed by atoms with Crippen LogP contribution in [0, 0.1) is 0 Å². The predicted molar refractivity (Wildman–Crippen MR) is 76.7 cm³/mol. The Bertz CT molecular complexity index is 473. The number of aryl methyl sites for hydroxylation is 1. The molecular weight excluding hydrogens is 260 g/mol. The fourth-order valence-electron chi connectivity index (χ4n) is 2.78. The van der Waals surface area contributed by atoms with E-state index in [9.17, 15) is 4.79 Å². The molecule has 0 radical (unpaired) electrons. The Morgan fingerprint density at radius 1 is 1.42 bits per heavy atom. The highest BCUT2D eigenvalue weighted by atomic mass is 32.1. The minimum Gasteiger partial charge on any atom is -0.354 e. The molecule has 0 bridgehead atoms. The molecule has 1 aliphatic heterocycles. The molecule has 1 saturated heterocycles. The Balaban J connectivity index is 1.81. The number of nitrogens with one attached hydrogen (secondary N) is 2. The van der Waals surface area contributed by atoms with Crippen molar-refractivity contribution in [3.05, 3.63) is 10.6 Å². The van der Waals surface area contributed by atoms with Gasteiger partial charge in [-0.25, -0.2) is 4.98 Å². The van der Waals surface area contributed by atoms with Gasteiger partial charge in [0.15, 0.2) is 5.13 Å². The lowest BCUT2D eigenvalue weighted by Gasteiger charge is -2.20. The minimum absolute atomic E-state index is 0.150. The zero-order valence-electron chi connectivity index (χ0n) is 11.2. The molecule has 3 rings (SSSR count). The van der Waals surface area contributed by atoms with E-state index in [1.165, 1.54) is 23.4 Å². The SMILES string of the molecule is CNC1CCCc2nc(N3CCNC(=O)CC3)sc21. The number of carbonyl (C=O) groups excluding carboxylic acids is 1. The maximum atomic E-state index is 11.4. The minimum atomic E-state index is 0.150. The van der Waals surface area contributed by atoms with Gasteiger partial charge in [-0.05, 0) is 26.3 Å². The zero-order chi connectivity index (χ0) is 13.2. The number of thiazole rings is 1. The van der Waals surface area contributed by atoms with Crippen LogP contribution in [0.3, 0.4) is 0 Å². The van der Waals surface area contributed by atoms with Crippen LogP contribution in [0.4, 0.5) is 5.13 Å². The van der Waals surface area contributed by atoms with Crippen molar-refractivity contribution >= 4 is 22.4 Å². The number of hydrogen-bond acceptors (Lipinski definition) is 5. The standard InChI is InChI=1S/C13H20N4OS/c1-14-9-3-2-4-10-12(9)19-13(16-10)17-7-5-11(18)15-6-8-17/h9,14H,2-8H2,1H3,(H,15,18). The lowest BCUT2D eigenvalue weighted by Crippen LogP contribution is -2.28. The second-order valence-electron chi connectivity index (χ2n) is 5.13. The van der Waals surface area contributed by atoms with Gasteiger partial charge in [0, 0.05) is 37.0 Å². The number of fused-ring (bicyclic) bond motifs is 1. The summed E-state index contributed by atoms with van der Waals surface area (Å²) in [5.74, 6) is 0.150. The van der Waals surface area contributed by atoms with E-state index in [1.54, 1.807) is 11.3 Å². The third-order valence-corrected chi connectivity index (χ3v) is 5.14. The second kappa shape index (κ2) is 5.46. The van der Waals surface area contributed by atoms with Gasteiger partial charge in [-0.2, -0.15) is 0 Å². The van der Waals surface area contributed by atoms with E-state index < -0.39 is 0 Å². The smallest absolute Gasteiger partial charge is 0.221 e. The maximum Gasteiger partial charge on any atom is 0.221 e. The van der Waals surface area contributed by atoms with E-state index in [0.717, 1.165) is 31.2 Å². The first-order chi connectivity index (χ1) is 9.28. The van der Waals surface area contributed by atoms with E-state index in [1.807, 2.05) is 7.05 Å². The van der Waals surface area contributed by atoms with Crippen LogP contribution >= 0.6 is 11.3 Å². The molecule has 1 fully saturated rings. The summed E-state index contributed by atoms with van der Waals surface area (Å²) in [6.07, 6.45) is 4.07. The Kier molecular flexibility index (Phi) is 3.70. The molecule has 0 spiro atoms. The van der Waals surface area contributed by atoms with E-state index in [2.05, 4.69) is 15.5 Å². The number of amides is 1. The largest absolute Gasteiger partial charge is 0.354 e. The molecule has 19 heavy (non-hydrogen) atoms. The van der Waals surface area contributed by atoms with Crippen LogP contribution < -0.4 is 15.5 Å². The van der Waals surface area contributed by atoms with E-state index in [4.69, 9.17) is 4.98 Å². The average molecular weight is 280 g/mol. The van der Waals surface area contributed by atoms with Crippen molar-refractivity contribution in [2.45, 2.75) is 31.7 Å². The second-order valence-corrected chi connectivity index (χ2v) is 6.14. The highest BCUT2D eigenvalue weighted by Crippen LogP contribution is 2.37. The van der Waals surface area contributed by atoms with E-state index >= 15 is 0 Å². The molecule has 1 aliphatic carbocycles. The number of anilines is 1. The normalized spacial score (nSPS) is 23.7. The van der Waals surface area contributed by atoms with Gasteiger partial charge in [0.05, 0.1) is 5.69 Å². The third kappa shape index (κ3) is 2.60. The summed E-state index contributed by atoms with van der Waals surface area (Å²) < 4.78 is 0. The lowest BCUT2D eigenvalue weighted by atomic mass is 9.98. The highest BCUT2D eigenvalue weighted by molar-refractivity contribution is 7.15. The average Bonchev–Trinajstić information content (AvgIpc) is 2.74. The van der Waals surface area contributed by atoms with Crippen LogP contribution in [-0.4, -0.2) is 37.6 Å². The Labute approximate surface area is 117 Å². The number of rotatable bonds is 2. The number of nitrogens with zero attached hydrogens (tertiary/aromatic N) is 2. The molecule has 6 heteroatoms. The van der Waals surface area contributed by atoms with E-state index in [0.29, 0.717) is 12.5 Å². The Morgan fingerprint density at radius 2 is 2.32 bits per heavy atom. The molecule has 1 amide bonds. The monoisotopic (exact) mass is 280 g/mol. The Morgan fingerprint density at radius 3 is 3.16 bits per heavy atom. The summed E-state index contributed by atoms with van der Waals surface area (Å²) in [7, 11) is 2.02. The van der Waals surface area contributed by atoms with Crippen LogP contribution in [0.25, 0.3) is 0 Å². The van der Waals surface area contributed by atoms with Crippen molar-refractivity contribution in [1.29, 1.82) is 0 Å². The summed E-state index contributed by atoms with van der Waals surface area (Å²) in [6, 6.07) is 0.460. The summed E-state index contributed by atoms with van der Waals surface area (Å²) in [4.78, 5) is 19.8.